The maximum absolute atomic E-state index is 10.9. The van der Waals surface area contributed by atoms with Gasteiger partial charge in [-0.15, -0.1) is 11.3 Å². The zero-order valence-corrected chi connectivity index (χ0v) is 12.8. The molecule has 1 saturated heterocycles. The minimum absolute atomic E-state index is 0.308. The molecular formula is C16H18N2O2S. The summed E-state index contributed by atoms with van der Waals surface area (Å²) < 4.78 is 0. The number of carboxylic acid groups (broad SMARTS) is 1. The first-order chi connectivity index (χ1) is 10.1. The van der Waals surface area contributed by atoms with Gasteiger partial charge in [0.25, 0.3) is 0 Å². The number of nitrogens with zero attached hydrogens (tertiary/aromatic N) is 2. The molecule has 0 bridgehead atoms. The summed E-state index contributed by atoms with van der Waals surface area (Å²) in [5.41, 5.74) is 2.26. The molecule has 21 heavy (non-hydrogen) atoms. The molecule has 4 nitrogen and oxygen atoms in total. The van der Waals surface area contributed by atoms with Gasteiger partial charge in [-0.1, -0.05) is 12.1 Å². The number of carboxylic acids is 1. The molecular weight excluding hydrogens is 284 g/mol. The molecule has 1 aromatic carbocycles. The molecule has 1 fully saturated rings. The van der Waals surface area contributed by atoms with E-state index in [0.717, 1.165) is 29.5 Å². The second kappa shape index (κ2) is 5.85. The minimum Gasteiger partial charge on any atom is -0.478 e. The number of aromatic carboxylic acids is 1. The van der Waals surface area contributed by atoms with Gasteiger partial charge in [0, 0.05) is 23.5 Å². The van der Waals surface area contributed by atoms with Crippen molar-refractivity contribution in [3.05, 3.63) is 34.7 Å². The molecule has 0 amide bonds. The van der Waals surface area contributed by atoms with Crippen LogP contribution < -0.4 is 4.90 Å². The lowest BCUT2D eigenvalue weighted by molar-refractivity contribution is 0.0697. The third-order valence-electron chi connectivity index (χ3n) is 3.82. The lowest BCUT2D eigenvalue weighted by Gasteiger charge is -2.25. The van der Waals surface area contributed by atoms with Crippen molar-refractivity contribution in [3.8, 4) is 11.3 Å². The third-order valence-corrected chi connectivity index (χ3v) is 4.85. The van der Waals surface area contributed by atoms with Crippen LogP contribution in [0, 0.1) is 6.92 Å². The van der Waals surface area contributed by atoms with Crippen molar-refractivity contribution in [2.24, 2.45) is 0 Å². The number of aromatic nitrogens is 1. The van der Waals surface area contributed by atoms with Crippen LogP contribution in [0.25, 0.3) is 11.3 Å². The molecule has 0 saturated carbocycles. The van der Waals surface area contributed by atoms with Crippen LogP contribution in [0.4, 0.5) is 5.13 Å². The summed E-state index contributed by atoms with van der Waals surface area (Å²) in [6.45, 7) is 4.25. The average Bonchev–Trinajstić information content (AvgIpc) is 2.90. The van der Waals surface area contributed by atoms with Crippen molar-refractivity contribution in [2.45, 2.75) is 26.2 Å². The van der Waals surface area contributed by atoms with Crippen LogP contribution in [-0.4, -0.2) is 29.1 Å². The number of carbonyl (C=O) groups is 1. The molecule has 0 radical (unpaired) electrons. The lowest BCUT2D eigenvalue weighted by atomic mass is 10.1. The number of rotatable bonds is 3. The Kier molecular flexibility index (Phi) is 3.92. The highest BCUT2D eigenvalue weighted by Gasteiger charge is 2.17. The molecule has 0 spiro atoms. The van der Waals surface area contributed by atoms with Crippen LogP contribution >= 0.6 is 11.3 Å². The van der Waals surface area contributed by atoms with E-state index in [4.69, 9.17) is 10.1 Å². The van der Waals surface area contributed by atoms with Crippen LogP contribution in [0.2, 0.25) is 0 Å². The molecule has 1 N–H and O–H groups in total. The van der Waals surface area contributed by atoms with E-state index in [1.807, 2.05) is 12.1 Å². The topological polar surface area (TPSA) is 53.4 Å². The van der Waals surface area contributed by atoms with E-state index >= 15 is 0 Å². The van der Waals surface area contributed by atoms with Crippen LogP contribution in [0.15, 0.2) is 24.3 Å². The van der Waals surface area contributed by atoms with Crippen LogP contribution in [0.3, 0.4) is 0 Å². The molecule has 2 heterocycles. The molecule has 1 aliphatic heterocycles. The van der Waals surface area contributed by atoms with Gasteiger partial charge in [0.15, 0.2) is 5.13 Å². The Balaban J connectivity index is 1.88. The highest BCUT2D eigenvalue weighted by molar-refractivity contribution is 7.16. The molecule has 0 aliphatic carbocycles. The van der Waals surface area contributed by atoms with Crippen molar-refractivity contribution in [3.63, 3.8) is 0 Å². The number of benzene rings is 1. The van der Waals surface area contributed by atoms with Gasteiger partial charge in [0.05, 0.1) is 11.3 Å². The van der Waals surface area contributed by atoms with E-state index in [2.05, 4.69) is 11.8 Å². The summed E-state index contributed by atoms with van der Waals surface area (Å²) >= 11 is 1.72. The van der Waals surface area contributed by atoms with Gasteiger partial charge in [0.2, 0.25) is 0 Å². The fraction of sp³-hybridized carbons (Fsp3) is 0.375. The molecule has 0 unspecified atom stereocenters. The summed E-state index contributed by atoms with van der Waals surface area (Å²) in [7, 11) is 0. The second-order valence-electron chi connectivity index (χ2n) is 5.33. The number of aryl methyl sites for hydroxylation is 1. The van der Waals surface area contributed by atoms with Crippen LogP contribution in [0.1, 0.15) is 34.5 Å². The van der Waals surface area contributed by atoms with E-state index in [1.54, 1.807) is 23.5 Å². The molecule has 1 aliphatic rings. The van der Waals surface area contributed by atoms with Gasteiger partial charge in [-0.3, -0.25) is 0 Å². The van der Waals surface area contributed by atoms with Crippen molar-refractivity contribution >= 4 is 22.4 Å². The lowest BCUT2D eigenvalue weighted by Crippen LogP contribution is -2.29. The first-order valence-electron chi connectivity index (χ1n) is 7.21. The van der Waals surface area contributed by atoms with Gasteiger partial charge in [-0.05, 0) is 38.3 Å². The van der Waals surface area contributed by atoms with Gasteiger partial charge < -0.3 is 10.0 Å². The Hall–Kier alpha value is -1.88. The largest absolute Gasteiger partial charge is 0.478 e. The van der Waals surface area contributed by atoms with Gasteiger partial charge in [0.1, 0.15) is 0 Å². The Bertz CT molecular complexity index is 643. The Labute approximate surface area is 128 Å². The van der Waals surface area contributed by atoms with E-state index in [0.29, 0.717) is 5.56 Å². The summed E-state index contributed by atoms with van der Waals surface area (Å²) in [4.78, 5) is 19.2. The Morgan fingerprint density at radius 1 is 1.19 bits per heavy atom. The van der Waals surface area contributed by atoms with Crippen molar-refractivity contribution in [1.29, 1.82) is 0 Å². The molecule has 1 aromatic heterocycles. The predicted octanol–water partition coefficient (Wildman–Crippen LogP) is 3.81. The normalized spacial score (nSPS) is 15.2. The summed E-state index contributed by atoms with van der Waals surface area (Å²) in [6, 6.07) is 6.95. The molecule has 2 aromatic rings. The Morgan fingerprint density at radius 3 is 2.48 bits per heavy atom. The fourth-order valence-electron chi connectivity index (χ4n) is 2.64. The van der Waals surface area contributed by atoms with E-state index < -0.39 is 5.97 Å². The zero-order valence-electron chi connectivity index (χ0n) is 12.0. The number of thiazole rings is 1. The zero-order chi connectivity index (χ0) is 14.8. The first kappa shape index (κ1) is 14.1. The van der Waals surface area contributed by atoms with E-state index in [1.165, 1.54) is 24.1 Å². The number of anilines is 1. The average molecular weight is 302 g/mol. The van der Waals surface area contributed by atoms with Crippen molar-refractivity contribution in [1.82, 2.24) is 4.98 Å². The molecule has 5 heteroatoms. The van der Waals surface area contributed by atoms with Crippen LogP contribution in [0.5, 0.6) is 0 Å². The highest BCUT2D eigenvalue weighted by Crippen LogP contribution is 2.33. The Morgan fingerprint density at radius 2 is 1.86 bits per heavy atom. The van der Waals surface area contributed by atoms with Gasteiger partial charge in [-0.2, -0.15) is 0 Å². The summed E-state index contributed by atoms with van der Waals surface area (Å²) in [5, 5.41) is 10.0. The van der Waals surface area contributed by atoms with Crippen LogP contribution in [-0.2, 0) is 0 Å². The number of piperidine rings is 1. The van der Waals surface area contributed by atoms with E-state index in [-0.39, 0.29) is 0 Å². The maximum Gasteiger partial charge on any atom is 0.335 e. The monoisotopic (exact) mass is 302 g/mol. The van der Waals surface area contributed by atoms with Crippen molar-refractivity contribution < 1.29 is 9.90 Å². The molecule has 0 atom stereocenters. The highest BCUT2D eigenvalue weighted by atomic mass is 32.1. The maximum atomic E-state index is 10.9. The SMILES string of the molecule is Cc1sc(N2CCCCC2)nc1-c1ccc(C(=O)O)cc1. The van der Waals surface area contributed by atoms with Crippen molar-refractivity contribution in [2.75, 3.05) is 18.0 Å². The fourth-order valence-corrected chi connectivity index (χ4v) is 3.62. The van der Waals surface area contributed by atoms with Gasteiger partial charge >= 0.3 is 5.97 Å². The molecule has 3 rings (SSSR count). The minimum atomic E-state index is -0.898. The number of hydrogen-bond acceptors (Lipinski definition) is 4. The second-order valence-corrected chi connectivity index (χ2v) is 6.51. The van der Waals surface area contributed by atoms with E-state index in [9.17, 15) is 4.79 Å². The first-order valence-corrected chi connectivity index (χ1v) is 8.03. The predicted molar refractivity (Wildman–Crippen MR) is 85.3 cm³/mol. The smallest absolute Gasteiger partial charge is 0.335 e. The third kappa shape index (κ3) is 2.93. The molecule has 110 valence electrons. The summed E-state index contributed by atoms with van der Waals surface area (Å²) in [6.07, 6.45) is 3.78. The summed E-state index contributed by atoms with van der Waals surface area (Å²) in [5.74, 6) is -0.898. The number of hydrogen-bond donors (Lipinski definition) is 1. The van der Waals surface area contributed by atoms with Gasteiger partial charge in [-0.25, -0.2) is 9.78 Å². The quantitative estimate of drug-likeness (QED) is 0.936. The standard InChI is InChI=1S/C16H18N2O2S/c1-11-14(12-5-7-13(8-6-12)15(19)20)17-16(21-11)18-9-3-2-4-10-18/h5-8H,2-4,9-10H2,1H3,(H,19,20).